The Morgan fingerprint density at radius 3 is 2.94 bits per heavy atom. The summed E-state index contributed by atoms with van der Waals surface area (Å²) in [5, 5.41) is 1.23. The summed E-state index contributed by atoms with van der Waals surface area (Å²) in [6.45, 7) is 2.08. The van der Waals surface area contributed by atoms with E-state index < -0.39 is 0 Å². The third-order valence-electron chi connectivity index (χ3n) is 2.84. The molecule has 2 heterocycles. The number of nitrogens with zero attached hydrogens (tertiary/aromatic N) is 1. The number of hydrogen-bond donors (Lipinski definition) is 1. The van der Waals surface area contributed by atoms with E-state index in [1.807, 2.05) is 18.5 Å². The second-order valence-corrected chi connectivity index (χ2v) is 3.95. The summed E-state index contributed by atoms with van der Waals surface area (Å²) in [6, 6.07) is 12.5. The fraction of sp³-hybridized carbons (Fsp3) is 0.0714. The van der Waals surface area contributed by atoms with Crippen LogP contribution in [0.2, 0.25) is 0 Å². The van der Waals surface area contributed by atoms with Crippen LogP contribution in [0.1, 0.15) is 5.56 Å². The van der Waals surface area contributed by atoms with Crippen molar-refractivity contribution in [3.8, 4) is 11.3 Å². The number of hydrogen-bond acceptors (Lipinski definition) is 1. The van der Waals surface area contributed by atoms with Crippen LogP contribution in [0.4, 0.5) is 0 Å². The number of benzene rings is 1. The molecule has 78 valence electrons. The number of H-pyrrole nitrogens is 1. The fourth-order valence-corrected chi connectivity index (χ4v) is 1.98. The largest absolute Gasteiger partial charge is 0.361 e. The maximum Gasteiger partial charge on any atom is 0.0731 e. The Bertz CT molecular complexity index is 638. The van der Waals surface area contributed by atoms with Crippen LogP contribution in [0.15, 0.2) is 48.8 Å². The Morgan fingerprint density at radius 2 is 2.06 bits per heavy atom. The monoisotopic (exact) mass is 208 g/mol. The van der Waals surface area contributed by atoms with E-state index in [4.69, 9.17) is 0 Å². The van der Waals surface area contributed by atoms with Crippen molar-refractivity contribution in [2.24, 2.45) is 0 Å². The van der Waals surface area contributed by atoms with Gasteiger partial charge in [-0.15, -0.1) is 0 Å². The van der Waals surface area contributed by atoms with Gasteiger partial charge in [-0.25, -0.2) is 0 Å². The molecule has 0 saturated carbocycles. The molecule has 0 aliphatic carbocycles. The second-order valence-electron chi connectivity index (χ2n) is 3.95. The summed E-state index contributed by atoms with van der Waals surface area (Å²) >= 11 is 0. The van der Waals surface area contributed by atoms with Crippen LogP contribution in [-0.4, -0.2) is 9.97 Å². The molecule has 0 amide bonds. The minimum Gasteiger partial charge on any atom is -0.361 e. The van der Waals surface area contributed by atoms with Crippen LogP contribution in [0.5, 0.6) is 0 Å². The number of aromatic nitrogens is 2. The lowest BCUT2D eigenvalue weighted by Crippen LogP contribution is -1.86. The fourth-order valence-electron chi connectivity index (χ4n) is 1.98. The lowest BCUT2D eigenvalue weighted by Gasteiger charge is -2.04. The minimum atomic E-state index is 1.05. The molecule has 0 spiro atoms. The van der Waals surface area contributed by atoms with Crippen molar-refractivity contribution in [3.63, 3.8) is 0 Å². The van der Waals surface area contributed by atoms with E-state index in [2.05, 4.69) is 47.2 Å². The first kappa shape index (κ1) is 9.16. The van der Waals surface area contributed by atoms with Gasteiger partial charge in [0.15, 0.2) is 0 Å². The van der Waals surface area contributed by atoms with Crippen molar-refractivity contribution in [2.75, 3.05) is 0 Å². The van der Waals surface area contributed by atoms with Gasteiger partial charge in [-0.3, -0.25) is 4.98 Å². The maximum atomic E-state index is 4.43. The van der Waals surface area contributed by atoms with Crippen molar-refractivity contribution in [1.82, 2.24) is 9.97 Å². The van der Waals surface area contributed by atoms with E-state index in [9.17, 15) is 0 Å². The van der Waals surface area contributed by atoms with Crippen LogP contribution in [0, 0.1) is 6.92 Å². The van der Waals surface area contributed by atoms with Crippen molar-refractivity contribution in [3.05, 3.63) is 54.4 Å². The Balaban J connectivity index is 2.22. The highest BCUT2D eigenvalue weighted by Gasteiger charge is 2.03. The highest BCUT2D eigenvalue weighted by molar-refractivity contribution is 5.84. The van der Waals surface area contributed by atoms with Gasteiger partial charge in [0.2, 0.25) is 0 Å². The van der Waals surface area contributed by atoms with Gasteiger partial charge in [0.25, 0.3) is 0 Å². The molecule has 1 aromatic carbocycles. The molecule has 0 saturated heterocycles. The predicted octanol–water partition coefficient (Wildman–Crippen LogP) is 3.54. The molecular weight excluding hydrogens is 196 g/mol. The van der Waals surface area contributed by atoms with E-state index in [1.165, 1.54) is 10.9 Å². The Kier molecular flexibility index (Phi) is 2.00. The molecule has 0 bridgehead atoms. The summed E-state index contributed by atoms with van der Waals surface area (Å²) < 4.78 is 0. The number of nitrogens with one attached hydrogen (secondary N) is 1. The van der Waals surface area contributed by atoms with E-state index in [1.54, 1.807) is 0 Å². The molecule has 16 heavy (non-hydrogen) atoms. The van der Waals surface area contributed by atoms with Crippen LogP contribution in [-0.2, 0) is 0 Å². The molecule has 0 unspecified atom stereocenters. The second kappa shape index (κ2) is 3.49. The maximum absolute atomic E-state index is 4.43. The lowest BCUT2D eigenvalue weighted by molar-refractivity contribution is 1.27. The third kappa shape index (κ3) is 1.39. The summed E-state index contributed by atoms with van der Waals surface area (Å²) in [4.78, 5) is 7.65. The van der Waals surface area contributed by atoms with E-state index in [0.29, 0.717) is 0 Å². The number of rotatable bonds is 1. The average Bonchev–Trinajstić information content (AvgIpc) is 2.76. The van der Waals surface area contributed by atoms with Crippen LogP contribution < -0.4 is 0 Å². The molecular formula is C14H12N2. The van der Waals surface area contributed by atoms with Gasteiger partial charge in [-0.2, -0.15) is 0 Å². The van der Waals surface area contributed by atoms with Gasteiger partial charge >= 0.3 is 0 Å². The predicted molar refractivity (Wildman–Crippen MR) is 66.3 cm³/mol. The molecule has 2 aromatic heterocycles. The Hall–Kier alpha value is -2.09. The van der Waals surface area contributed by atoms with Gasteiger partial charge in [0.05, 0.1) is 5.69 Å². The van der Waals surface area contributed by atoms with Gasteiger partial charge in [0, 0.05) is 23.5 Å². The molecule has 3 aromatic rings. The molecule has 2 heteroatoms. The summed E-state index contributed by atoms with van der Waals surface area (Å²) in [6.07, 6.45) is 3.79. The standard InChI is InChI=1S/C14H12N2/c1-10-3-2-7-16-14(10)12-5-4-11-6-8-15-13(11)9-12/h2-9,15H,1H3. The molecule has 2 nitrogen and oxygen atoms in total. The van der Waals surface area contributed by atoms with Gasteiger partial charge in [-0.1, -0.05) is 18.2 Å². The van der Waals surface area contributed by atoms with Gasteiger partial charge in [0.1, 0.15) is 0 Å². The van der Waals surface area contributed by atoms with E-state index in [-0.39, 0.29) is 0 Å². The van der Waals surface area contributed by atoms with Gasteiger partial charge < -0.3 is 4.98 Å². The molecule has 1 N–H and O–H groups in total. The van der Waals surface area contributed by atoms with Crippen LogP contribution in [0.25, 0.3) is 22.2 Å². The smallest absolute Gasteiger partial charge is 0.0731 e. The Morgan fingerprint density at radius 1 is 1.12 bits per heavy atom. The molecule has 0 fully saturated rings. The normalized spacial score (nSPS) is 10.8. The first-order chi connectivity index (χ1) is 7.84. The van der Waals surface area contributed by atoms with Crippen LogP contribution >= 0.6 is 0 Å². The van der Waals surface area contributed by atoms with E-state index >= 15 is 0 Å². The zero-order valence-electron chi connectivity index (χ0n) is 9.07. The molecule has 0 aliphatic rings. The number of fused-ring (bicyclic) bond motifs is 1. The third-order valence-corrected chi connectivity index (χ3v) is 2.84. The topological polar surface area (TPSA) is 28.7 Å². The molecule has 0 radical (unpaired) electrons. The summed E-state index contributed by atoms with van der Waals surface area (Å²) in [5.41, 5.74) is 4.57. The number of aromatic amines is 1. The van der Waals surface area contributed by atoms with Crippen molar-refractivity contribution >= 4 is 10.9 Å². The number of aryl methyl sites for hydroxylation is 1. The SMILES string of the molecule is Cc1cccnc1-c1ccc2cc[nH]c2c1. The Labute approximate surface area is 94.0 Å². The van der Waals surface area contributed by atoms with Crippen molar-refractivity contribution in [2.45, 2.75) is 6.92 Å². The quantitative estimate of drug-likeness (QED) is 0.651. The highest BCUT2D eigenvalue weighted by atomic mass is 14.7. The van der Waals surface area contributed by atoms with Crippen LogP contribution in [0.3, 0.4) is 0 Å². The van der Waals surface area contributed by atoms with E-state index in [0.717, 1.165) is 16.8 Å². The zero-order chi connectivity index (χ0) is 11.0. The number of pyridine rings is 1. The van der Waals surface area contributed by atoms with Gasteiger partial charge in [-0.05, 0) is 36.1 Å². The van der Waals surface area contributed by atoms with Crippen molar-refractivity contribution < 1.29 is 0 Å². The first-order valence-corrected chi connectivity index (χ1v) is 5.34. The highest BCUT2D eigenvalue weighted by Crippen LogP contribution is 2.24. The average molecular weight is 208 g/mol. The first-order valence-electron chi connectivity index (χ1n) is 5.34. The minimum absolute atomic E-state index is 1.05. The summed E-state index contributed by atoms with van der Waals surface area (Å²) in [5.74, 6) is 0. The molecule has 0 aliphatic heterocycles. The molecule has 0 atom stereocenters. The van der Waals surface area contributed by atoms with Crippen molar-refractivity contribution in [1.29, 1.82) is 0 Å². The molecule has 3 rings (SSSR count). The zero-order valence-corrected chi connectivity index (χ0v) is 9.07. The summed E-state index contributed by atoms with van der Waals surface area (Å²) in [7, 11) is 0. The lowest BCUT2D eigenvalue weighted by atomic mass is 10.1.